The fraction of sp³-hybridized carbons (Fsp3) is 0.222. The summed E-state index contributed by atoms with van der Waals surface area (Å²) in [5.74, 6) is 0. The van der Waals surface area contributed by atoms with Gasteiger partial charge in [-0.1, -0.05) is 22.0 Å². The predicted molar refractivity (Wildman–Crippen MR) is 103 cm³/mol. The van der Waals surface area contributed by atoms with Crippen LogP contribution < -0.4 is 10.2 Å². The van der Waals surface area contributed by atoms with E-state index in [0.29, 0.717) is 15.2 Å². The Morgan fingerprint density at radius 3 is 2.44 bits per heavy atom. The molecule has 2 heterocycles. The van der Waals surface area contributed by atoms with Crippen LogP contribution in [0.1, 0.15) is 0 Å². The summed E-state index contributed by atoms with van der Waals surface area (Å²) in [5.41, 5.74) is 1.86. The summed E-state index contributed by atoms with van der Waals surface area (Å²) in [6, 6.07) is 12.7. The Labute approximate surface area is 155 Å². The van der Waals surface area contributed by atoms with Gasteiger partial charge in [0, 0.05) is 53.4 Å². The number of hydrogen-bond acceptors (Lipinski definition) is 4. The van der Waals surface area contributed by atoms with Gasteiger partial charge in [-0.3, -0.25) is 0 Å². The maximum Gasteiger partial charge on any atom is 0.208 e. The number of rotatable bonds is 3. The molecule has 2 N–H and O–H groups in total. The lowest BCUT2D eigenvalue weighted by Gasteiger charge is -2.29. The second-order valence-electron chi connectivity index (χ2n) is 6.08. The zero-order valence-corrected chi connectivity index (χ0v) is 15.9. The Hall–Kier alpha value is -1.83. The fourth-order valence-electron chi connectivity index (χ4n) is 3.18. The SMILES string of the molecule is O=S(=O)(c1ccc(N2CCNCC2)cc1)c1c[nH]c2cc(Br)ccc12. The van der Waals surface area contributed by atoms with Gasteiger partial charge in [0.05, 0.1) is 9.79 Å². The Kier molecular flexibility index (Phi) is 4.31. The zero-order chi connectivity index (χ0) is 17.4. The van der Waals surface area contributed by atoms with E-state index in [-0.39, 0.29) is 0 Å². The van der Waals surface area contributed by atoms with E-state index in [4.69, 9.17) is 0 Å². The quantitative estimate of drug-likeness (QED) is 0.683. The van der Waals surface area contributed by atoms with Crippen molar-refractivity contribution >= 4 is 42.4 Å². The van der Waals surface area contributed by atoms with Crippen LogP contribution in [0.25, 0.3) is 10.9 Å². The largest absolute Gasteiger partial charge is 0.369 e. The van der Waals surface area contributed by atoms with Crippen LogP contribution in [0.3, 0.4) is 0 Å². The zero-order valence-electron chi connectivity index (χ0n) is 13.5. The van der Waals surface area contributed by atoms with Gasteiger partial charge < -0.3 is 15.2 Å². The molecule has 2 aromatic carbocycles. The van der Waals surface area contributed by atoms with Crippen LogP contribution >= 0.6 is 15.9 Å². The number of aromatic nitrogens is 1. The number of sulfone groups is 1. The first-order valence-electron chi connectivity index (χ1n) is 8.13. The molecule has 1 aromatic heterocycles. The van der Waals surface area contributed by atoms with E-state index in [0.717, 1.165) is 41.9 Å². The van der Waals surface area contributed by atoms with Crippen molar-refractivity contribution in [3.8, 4) is 0 Å². The van der Waals surface area contributed by atoms with Crippen molar-refractivity contribution in [1.82, 2.24) is 10.3 Å². The van der Waals surface area contributed by atoms with Crippen molar-refractivity contribution in [2.75, 3.05) is 31.1 Å². The maximum absolute atomic E-state index is 13.0. The average molecular weight is 420 g/mol. The molecule has 5 nitrogen and oxygen atoms in total. The normalized spacial score (nSPS) is 15.6. The van der Waals surface area contributed by atoms with Gasteiger partial charge in [-0.25, -0.2) is 8.42 Å². The average Bonchev–Trinajstić information content (AvgIpc) is 3.06. The Balaban J connectivity index is 1.69. The summed E-state index contributed by atoms with van der Waals surface area (Å²) in [6.07, 6.45) is 1.57. The predicted octanol–water partition coefficient (Wildman–Crippen LogP) is 3.17. The van der Waals surface area contributed by atoms with Crippen LogP contribution in [0.4, 0.5) is 5.69 Å². The molecule has 0 radical (unpaired) electrons. The number of piperazine rings is 1. The van der Waals surface area contributed by atoms with Crippen LogP contribution in [-0.2, 0) is 9.84 Å². The van der Waals surface area contributed by atoms with E-state index in [1.807, 2.05) is 30.3 Å². The molecule has 0 unspecified atom stereocenters. The van der Waals surface area contributed by atoms with Crippen molar-refractivity contribution in [1.29, 1.82) is 0 Å². The van der Waals surface area contributed by atoms with Crippen molar-refractivity contribution in [3.05, 3.63) is 53.1 Å². The minimum absolute atomic E-state index is 0.310. The molecule has 1 saturated heterocycles. The van der Waals surface area contributed by atoms with Gasteiger partial charge in [0.15, 0.2) is 0 Å². The first kappa shape index (κ1) is 16.6. The first-order valence-corrected chi connectivity index (χ1v) is 10.4. The van der Waals surface area contributed by atoms with Gasteiger partial charge in [-0.15, -0.1) is 0 Å². The van der Waals surface area contributed by atoms with Crippen LogP contribution in [0.15, 0.2) is 62.9 Å². The Bertz CT molecular complexity index is 1010. The fourth-order valence-corrected chi connectivity index (χ4v) is 4.97. The second-order valence-corrected chi connectivity index (χ2v) is 8.91. The number of fused-ring (bicyclic) bond motifs is 1. The number of nitrogens with one attached hydrogen (secondary N) is 2. The molecule has 0 amide bonds. The number of benzene rings is 2. The lowest BCUT2D eigenvalue weighted by molar-refractivity contribution is 0.588. The van der Waals surface area contributed by atoms with E-state index >= 15 is 0 Å². The molecule has 0 saturated carbocycles. The van der Waals surface area contributed by atoms with Crippen LogP contribution in [0.2, 0.25) is 0 Å². The van der Waals surface area contributed by atoms with Gasteiger partial charge in [0.2, 0.25) is 9.84 Å². The summed E-state index contributed by atoms with van der Waals surface area (Å²) in [7, 11) is -3.56. The molecule has 0 bridgehead atoms. The molecule has 1 fully saturated rings. The highest BCUT2D eigenvalue weighted by Gasteiger charge is 2.22. The van der Waals surface area contributed by atoms with Crippen LogP contribution in [0.5, 0.6) is 0 Å². The van der Waals surface area contributed by atoms with Crippen LogP contribution in [0, 0.1) is 0 Å². The molecule has 25 heavy (non-hydrogen) atoms. The highest BCUT2D eigenvalue weighted by Crippen LogP contribution is 2.30. The highest BCUT2D eigenvalue weighted by molar-refractivity contribution is 9.10. The minimum atomic E-state index is -3.56. The van der Waals surface area contributed by atoms with Crippen molar-refractivity contribution in [3.63, 3.8) is 0 Å². The number of halogens is 1. The second kappa shape index (κ2) is 6.48. The number of hydrogen-bond donors (Lipinski definition) is 2. The van der Waals surface area contributed by atoms with E-state index in [2.05, 4.69) is 31.1 Å². The van der Waals surface area contributed by atoms with Gasteiger partial charge in [-0.05, 0) is 36.4 Å². The maximum atomic E-state index is 13.0. The van der Waals surface area contributed by atoms with Crippen molar-refractivity contribution in [2.24, 2.45) is 0 Å². The van der Waals surface area contributed by atoms with E-state index in [1.165, 1.54) is 0 Å². The molecule has 130 valence electrons. The van der Waals surface area contributed by atoms with E-state index < -0.39 is 9.84 Å². The molecular weight excluding hydrogens is 402 g/mol. The van der Waals surface area contributed by atoms with Gasteiger partial charge in [0.25, 0.3) is 0 Å². The summed E-state index contributed by atoms with van der Waals surface area (Å²) in [6.45, 7) is 3.77. The third-order valence-electron chi connectivity index (χ3n) is 4.52. The number of aromatic amines is 1. The first-order chi connectivity index (χ1) is 12.1. The molecule has 3 aromatic rings. The molecule has 0 spiro atoms. The third kappa shape index (κ3) is 3.07. The molecule has 0 atom stereocenters. The van der Waals surface area contributed by atoms with Gasteiger partial charge in [-0.2, -0.15) is 0 Å². The Morgan fingerprint density at radius 1 is 1.00 bits per heavy atom. The number of H-pyrrole nitrogens is 1. The molecular formula is C18H18BrN3O2S. The molecule has 7 heteroatoms. The highest BCUT2D eigenvalue weighted by atomic mass is 79.9. The summed E-state index contributed by atoms with van der Waals surface area (Å²) in [5, 5.41) is 4.02. The molecule has 4 rings (SSSR count). The Morgan fingerprint density at radius 2 is 1.72 bits per heavy atom. The number of anilines is 1. The standard InChI is InChI=1S/C18H18BrN3O2S/c19-13-1-6-16-17(11-13)21-12-18(16)25(23,24)15-4-2-14(3-5-15)22-9-7-20-8-10-22/h1-6,11-12,20-21H,7-10H2. The van der Waals surface area contributed by atoms with E-state index in [1.54, 1.807) is 18.3 Å². The molecule has 0 aliphatic carbocycles. The smallest absolute Gasteiger partial charge is 0.208 e. The van der Waals surface area contributed by atoms with Crippen molar-refractivity contribution in [2.45, 2.75) is 9.79 Å². The monoisotopic (exact) mass is 419 g/mol. The number of nitrogens with zero attached hydrogens (tertiary/aromatic N) is 1. The van der Waals surface area contributed by atoms with Gasteiger partial charge in [0.1, 0.15) is 0 Å². The molecule has 1 aliphatic rings. The summed E-state index contributed by atoms with van der Waals surface area (Å²) in [4.78, 5) is 5.93. The van der Waals surface area contributed by atoms with Crippen molar-refractivity contribution < 1.29 is 8.42 Å². The van der Waals surface area contributed by atoms with Gasteiger partial charge >= 0.3 is 0 Å². The summed E-state index contributed by atoms with van der Waals surface area (Å²) >= 11 is 3.40. The lowest BCUT2D eigenvalue weighted by Crippen LogP contribution is -2.43. The van der Waals surface area contributed by atoms with E-state index in [9.17, 15) is 8.42 Å². The topological polar surface area (TPSA) is 65.2 Å². The van der Waals surface area contributed by atoms with Crippen LogP contribution in [-0.4, -0.2) is 39.6 Å². The minimum Gasteiger partial charge on any atom is -0.369 e. The third-order valence-corrected chi connectivity index (χ3v) is 6.83. The molecule has 1 aliphatic heterocycles. The summed E-state index contributed by atoms with van der Waals surface area (Å²) < 4.78 is 27.0. The lowest BCUT2D eigenvalue weighted by atomic mass is 10.2.